The molecule has 2 aliphatic rings. The van der Waals surface area contributed by atoms with Gasteiger partial charge in [0.15, 0.2) is 11.4 Å². The van der Waals surface area contributed by atoms with Crippen LogP contribution in [0.4, 0.5) is 5.95 Å². The molecule has 25 heavy (non-hydrogen) atoms. The number of aromatic nitrogens is 3. The van der Waals surface area contributed by atoms with Crippen LogP contribution in [0.2, 0.25) is 0 Å². The molecule has 0 atom stereocenters. The third-order valence-corrected chi connectivity index (χ3v) is 5.16. The standard InChI is InChI=1S/C17H19N5O3/c18-14(24)9-4-6-22(7-5-9)17-20-15-13(16(25)21-17)10-2-1-3-12(23)11(10)8-19-15/h8-9H,1-7H2,(H2,18,24)(H,19,20,21,25). The molecule has 1 aliphatic carbocycles. The lowest BCUT2D eigenvalue weighted by molar-refractivity contribution is -0.122. The highest BCUT2D eigenvalue weighted by atomic mass is 16.1. The van der Waals surface area contributed by atoms with E-state index in [1.54, 1.807) is 0 Å². The highest BCUT2D eigenvalue weighted by Gasteiger charge is 2.26. The van der Waals surface area contributed by atoms with Gasteiger partial charge in [-0.15, -0.1) is 0 Å². The lowest BCUT2D eigenvalue weighted by Gasteiger charge is -2.30. The van der Waals surface area contributed by atoms with Crippen LogP contribution in [-0.2, 0) is 11.2 Å². The maximum atomic E-state index is 12.6. The molecule has 0 unspecified atom stereocenters. The Morgan fingerprint density at radius 3 is 2.72 bits per heavy atom. The van der Waals surface area contributed by atoms with Crippen molar-refractivity contribution in [2.45, 2.75) is 32.1 Å². The van der Waals surface area contributed by atoms with Crippen molar-refractivity contribution < 1.29 is 9.59 Å². The average Bonchev–Trinajstić information content (AvgIpc) is 2.61. The van der Waals surface area contributed by atoms with Gasteiger partial charge in [0.2, 0.25) is 11.9 Å². The Labute approximate surface area is 143 Å². The van der Waals surface area contributed by atoms with Crippen LogP contribution in [-0.4, -0.2) is 39.7 Å². The van der Waals surface area contributed by atoms with Crippen LogP contribution in [0.25, 0.3) is 11.0 Å². The molecule has 1 fully saturated rings. The summed E-state index contributed by atoms with van der Waals surface area (Å²) >= 11 is 0. The summed E-state index contributed by atoms with van der Waals surface area (Å²) in [7, 11) is 0. The fraction of sp³-hybridized carbons (Fsp3) is 0.471. The van der Waals surface area contributed by atoms with E-state index >= 15 is 0 Å². The van der Waals surface area contributed by atoms with Gasteiger partial charge in [0.1, 0.15) is 0 Å². The zero-order valence-electron chi connectivity index (χ0n) is 13.7. The summed E-state index contributed by atoms with van der Waals surface area (Å²) in [5.74, 6) is 0.0832. The number of primary amides is 1. The average molecular weight is 341 g/mol. The van der Waals surface area contributed by atoms with Gasteiger partial charge in [-0.1, -0.05) is 0 Å². The van der Waals surface area contributed by atoms with Gasteiger partial charge in [-0.2, -0.15) is 4.98 Å². The van der Waals surface area contributed by atoms with Crippen LogP contribution >= 0.6 is 0 Å². The summed E-state index contributed by atoms with van der Waals surface area (Å²) in [5.41, 5.74) is 6.76. The van der Waals surface area contributed by atoms with Crippen molar-refractivity contribution in [1.82, 2.24) is 15.0 Å². The van der Waals surface area contributed by atoms with E-state index in [9.17, 15) is 14.4 Å². The van der Waals surface area contributed by atoms with E-state index in [1.807, 2.05) is 4.90 Å². The first-order chi connectivity index (χ1) is 12.0. The number of anilines is 1. The van der Waals surface area contributed by atoms with Gasteiger partial charge in [-0.3, -0.25) is 19.4 Å². The molecule has 2 aromatic heterocycles. The molecule has 4 rings (SSSR count). The number of carbonyl (C=O) groups excluding carboxylic acids is 2. The van der Waals surface area contributed by atoms with Crippen molar-refractivity contribution in [1.29, 1.82) is 0 Å². The van der Waals surface area contributed by atoms with Gasteiger partial charge in [0.05, 0.1) is 5.39 Å². The van der Waals surface area contributed by atoms with E-state index in [2.05, 4.69) is 15.0 Å². The van der Waals surface area contributed by atoms with E-state index < -0.39 is 0 Å². The summed E-state index contributed by atoms with van der Waals surface area (Å²) in [6.07, 6.45) is 4.75. The van der Waals surface area contributed by atoms with E-state index in [1.165, 1.54) is 6.20 Å². The molecule has 0 spiro atoms. The molecule has 1 saturated heterocycles. The Morgan fingerprint density at radius 1 is 1.24 bits per heavy atom. The number of rotatable bonds is 2. The van der Waals surface area contributed by atoms with Crippen molar-refractivity contribution in [2.75, 3.05) is 18.0 Å². The number of pyridine rings is 1. The number of nitrogens with one attached hydrogen (secondary N) is 1. The van der Waals surface area contributed by atoms with Crippen LogP contribution < -0.4 is 16.2 Å². The van der Waals surface area contributed by atoms with Crippen LogP contribution in [0.15, 0.2) is 11.0 Å². The van der Waals surface area contributed by atoms with E-state index in [4.69, 9.17) is 5.73 Å². The van der Waals surface area contributed by atoms with Crippen molar-refractivity contribution in [3.8, 4) is 0 Å². The van der Waals surface area contributed by atoms with Gasteiger partial charge < -0.3 is 10.6 Å². The van der Waals surface area contributed by atoms with Crippen LogP contribution in [0.1, 0.15) is 41.6 Å². The second-order valence-corrected chi connectivity index (χ2v) is 6.68. The number of nitrogens with zero attached hydrogens (tertiary/aromatic N) is 3. The molecule has 8 nitrogen and oxygen atoms in total. The SMILES string of the molecule is NC(=O)C1CCN(c2nc3ncc4c(c3c(=O)[nH]2)CCCC4=O)CC1. The van der Waals surface area contributed by atoms with Crippen molar-refractivity contribution in [2.24, 2.45) is 11.7 Å². The maximum absolute atomic E-state index is 12.6. The Morgan fingerprint density at radius 2 is 2.00 bits per heavy atom. The highest BCUT2D eigenvalue weighted by molar-refractivity contribution is 6.01. The zero-order chi connectivity index (χ0) is 17.6. The quantitative estimate of drug-likeness (QED) is 0.822. The highest BCUT2D eigenvalue weighted by Crippen LogP contribution is 2.26. The minimum Gasteiger partial charge on any atom is -0.369 e. The monoisotopic (exact) mass is 341 g/mol. The number of carbonyl (C=O) groups is 2. The topological polar surface area (TPSA) is 122 Å². The molecule has 1 amide bonds. The number of ketones is 1. The largest absolute Gasteiger partial charge is 0.369 e. The second kappa shape index (κ2) is 5.94. The van der Waals surface area contributed by atoms with Crippen molar-refractivity contribution >= 4 is 28.7 Å². The number of aryl methyl sites for hydroxylation is 1. The van der Waals surface area contributed by atoms with Crippen LogP contribution in [0.3, 0.4) is 0 Å². The van der Waals surface area contributed by atoms with Crippen molar-refractivity contribution in [3.63, 3.8) is 0 Å². The number of H-pyrrole nitrogens is 1. The molecule has 8 heteroatoms. The predicted molar refractivity (Wildman–Crippen MR) is 91.6 cm³/mol. The molecular weight excluding hydrogens is 322 g/mol. The molecule has 1 aliphatic heterocycles. The number of fused-ring (bicyclic) bond motifs is 3. The van der Waals surface area contributed by atoms with E-state index in [0.717, 1.165) is 12.0 Å². The van der Waals surface area contributed by atoms with Crippen LogP contribution in [0, 0.1) is 5.92 Å². The first-order valence-electron chi connectivity index (χ1n) is 8.54. The predicted octanol–water partition coefficient (Wildman–Crippen LogP) is 0.539. The normalized spacial score (nSPS) is 18.4. The zero-order valence-corrected chi connectivity index (χ0v) is 13.7. The van der Waals surface area contributed by atoms with Gasteiger partial charge in [0, 0.05) is 37.2 Å². The summed E-state index contributed by atoms with van der Waals surface area (Å²) in [4.78, 5) is 49.5. The number of hydrogen-bond donors (Lipinski definition) is 2. The molecule has 3 N–H and O–H groups in total. The van der Waals surface area contributed by atoms with Gasteiger partial charge in [-0.25, -0.2) is 4.98 Å². The molecule has 3 heterocycles. The van der Waals surface area contributed by atoms with Crippen LogP contribution in [0.5, 0.6) is 0 Å². The first-order valence-corrected chi connectivity index (χ1v) is 8.54. The van der Waals surface area contributed by atoms with Gasteiger partial charge >= 0.3 is 0 Å². The summed E-state index contributed by atoms with van der Waals surface area (Å²) in [6, 6.07) is 0. The molecule has 130 valence electrons. The fourth-order valence-corrected chi connectivity index (χ4v) is 3.74. The smallest absolute Gasteiger partial charge is 0.262 e. The Kier molecular flexibility index (Phi) is 3.74. The van der Waals surface area contributed by atoms with Gasteiger partial charge in [-0.05, 0) is 31.2 Å². The Balaban J connectivity index is 1.72. The Hall–Kier alpha value is -2.77. The number of nitrogens with two attached hydrogens (primary N) is 1. The van der Waals surface area contributed by atoms with E-state index in [0.29, 0.717) is 61.3 Å². The minimum absolute atomic E-state index is 0.0349. The third kappa shape index (κ3) is 2.67. The third-order valence-electron chi connectivity index (χ3n) is 5.16. The summed E-state index contributed by atoms with van der Waals surface area (Å²) in [6.45, 7) is 1.21. The van der Waals surface area contributed by atoms with E-state index in [-0.39, 0.29) is 23.2 Å². The molecule has 2 aromatic rings. The van der Waals surface area contributed by atoms with Gasteiger partial charge in [0.25, 0.3) is 5.56 Å². The first kappa shape index (κ1) is 15.7. The number of piperidine rings is 1. The molecular formula is C17H19N5O3. The molecule has 0 radical (unpaired) electrons. The number of Topliss-reactive ketones (excluding diaryl/α,β-unsaturated/α-hetero) is 1. The second-order valence-electron chi connectivity index (χ2n) is 6.68. The Bertz CT molecular complexity index is 928. The fourth-order valence-electron chi connectivity index (χ4n) is 3.74. The molecule has 0 saturated carbocycles. The number of hydrogen-bond acceptors (Lipinski definition) is 6. The lowest BCUT2D eigenvalue weighted by Crippen LogP contribution is -2.40. The summed E-state index contributed by atoms with van der Waals surface area (Å²) < 4.78 is 0. The lowest BCUT2D eigenvalue weighted by atomic mass is 9.90. The summed E-state index contributed by atoms with van der Waals surface area (Å²) in [5, 5.41) is 0.418. The molecule has 0 bridgehead atoms. The minimum atomic E-state index is -0.280. The molecule has 0 aromatic carbocycles. The number of aromatic amines is 1. The maximum Gasteiger partial charge on any atom is 0.262 e. The van der Waals surface area contributed by atoms with Crippen molar-refractivity contribution in [3.05, 3.63) is 27.7 Å². The number of amides is 1.